The number of anilines is 3. The maximum Gasteiger partial charge on any atom is 0.229 e. The van der Waals surface area contributed by atoms with Crippen LogP contribution in [0.5, 0.6) is 0 Å². The van der Waals surface area contributed by atoms with Crippen LogP contribution >= 0.6 is 15.9 Å². The number of hydrogen-bond acceptors (Lipinski definition) is 7. The Labute approximate surface area is 183 Å². The zero-order valence-electron chi connectivity index (χ0n) is 16.5. The topological polar surface area (TPSA) is 112 Å². The molecule has 0 amide bonds. The van der Waals surface area contributed by atoms with Crippen molar-refractivity contribution in [2.45, 2.75) is 6.42 Å². The van der Waals surface area contributed by atoms with Crippen molar-refractivity contribution in [2.24, 2.45) is 0 Å². The number of halogens is 1. The smallest absolute Gasteiger partial charge is 0.229 e. The first-order valence-electron chi connectivity index (χ1n) is 9.61. The molecular formula is C20H23BrN6O2S. The summed E-state index contributed by atoms with van der Waals surface area (Å²) >= 11 is 3.40. The number of sulfone groups is 1. The molecule has 1 aliphatic rings. The van der Waals surface area contributed by atoms with Crippen molar-refractivity contribution in [3.8, 4) is 0 Å². The lowest BCUT2D eigenvalue weighted by atomic mass is 9.99. The average molecular weight is 491 g/mol. The number of nitrogens with zero attached hydrogens (tertiary/aromatic N) is 2. The van der Waals surface area contributed by atoms with Gasteiger partial charge in [-0.25, -0.2) is 13.4 Å². The van der Waals surface area contributed by atoms with E-state index in [1.54, 1.807) is 6.20 Å². The van der Waals surface area contributed by atoms with Crippen LogP contribution in [-0.4, -0.2) is 55.0 Å². The molecule has 8 nitrogen and oxygen atoms in total. The van der Waals surface area contributed by atoms with Crippen LogP contribution < -0.4 is 16.0 Å². The lowest BCUT2D eigenvalue weighted by Gasteiger charge is -2.14. The van der Waals surface area contributed by atoms with Crippen LogP contribution in [0.2, 0.25) is 0 Å². The van der Waals surface area contributed by atoms with Gasteiger partial charge in [-0.2, -0.15) is 4.98 Å². The van der Waals surface area contributed by atoms with E-state index < -0.39 is 9.84 Å². The van der Waals surface area contributed by atoms with Gasteiger partial charge in [-0.1, -0.05) is 6.08 Å². The molecule has 0 aliphatic carbocycles. The molecule has 0 radical (unpaired) electrons. The van der Waals surface area contributed by atoms with Gasteiger partial charge in [-0.15, -0.1) is 0 Å². The molecule has 30 heavy (non-hydrogen) atoms. The van der Waals surface area contributed by atoms with Crippen LogP contribution in [0.25, 0.3) is 16.5 Å². The first-order valence-corrected chi connectivity index (χ1v) is 12.5. The minimum absolute atomic E-state index is 0.0323. The highest BCUT2D eigenvalue weighted by atomic mass is 79.9. The third kappa shape index (κ3) is 5.00. The summed E-state index contributed by atoms with van der Waals surface area (Å²) < 4.78 is 23.3. The van der Waals surface area contributed by atoms with Crippen molar-refractivity contribution in [1.29, 1.82) is 0 Å². The third-order valence-corrected chi connectivity index (χ3v) is 6.38. The highest BCUT2D eigenvalue weighted by Gasteiger charge is 2.12. The van der Waals surface area contributed by atoms with Gasteiger partial charge in [-0.3, -0.25) is 0 Å². The molecule has 4 rings (SSSR count). The first-order chi connectivity index (χ1) is 14.4. The van der Waals surface area contributed by atoms with Gasteiger partial charge >= 0.3 is 0 Å². The molecule has 0 unspecified atom stereocenters. The summed E-state index contributed by atoms with van der Waals surface area (Å²) in [4.78, 5) is 12.1. The molecule has 3 aromatic rings. The van der Waals surface area contributed by atoms with Crippen LogP contribution in [-0.2, 0) is 9.84 Å². The second-order valence-corrected chi connectivity index (χ2v) is 10.3. The number of benzene rings is 1. The molecular weight excluding hydrogens is 468 g/mol. The molecule has 0 spiro atoms. The van der Waals surface area contributed by atoms with Crippen LogP contribution in [0.1, 0.15) is 12.0 Å². The number of aromatic amines is 1. The number of nitrogens with one attached hydrogen (secondary N) is 4. The third-order valence-electron chi connectivity index (χ3n) is 4.86. The van der Waals surface area contributed by atoms with Crippen LogP contribution in [0.4, 0.5) is 17.5 Å². The second-order valence-electron chi connectivity index (χ2n) is 7.22. The SMILES string of the molecule is CS(=O)(=O)CCNc1nc(Nc2ccc3[nH]cc(C4=CCNCC4)c3c2)ncc1Br. The van der Waals surface area contributed by atoms with E-state index in [2.05, 4.69) is 65.2 Å². The van der Waals surface area contributed by atoms with Crippen molar-refractivity contribution >= 4 is 59.7 Å². The van der Waals surface area contributed by atoms with E-state index in [9.17, 15) is 8.42 Å². The average Bonchev–Trinajstić information content (AvgIpc) is 3.13. The maximum absolute atomic E-state index is 11.3. The Balaban J connectivity index is 1.55. The van der Waals surface area contributed by atoms with Crippen molar-refractivity contribution < 1.29 is 8.42 Å². The molecule has 1 aliphatic heterocycles. The molecule has 0 fully saturated rings. The van der Waals surface area contributed by atoms with E-state index in [0.29, 0.717) is 16.2 Å². The lowest BCUT2D eigenvalue weighted by molar-refractivity contribution is 0.602. The van der Waals surface area contributed by atoms with E-state index in [-0.39, 0.29) is 12.3 Å². The standard InChI is InChI=1S/C20H23BrN6O2S/c1-30(28,29)9-8-23-19-17(21)12-25-20(27-19)26-14-2-3-18-15(10-14)16(11-24-18)13-4-6-22-7-5-13/h2-4,10-12,22,24H,5-9H2,1H3,(H2,23,25,26,27). The fourth-order valence-corrected chi connectivity index (χ4v) is 4.17. The fourth-order valence-electron chi connectivity index (χ4n) is 3.37. The van der Waals surface area contributed by atoms with Gasteiger partial charge in [0.2, 0.25) is 5.95 Å². The summed E-state index contributed by atoms with van der Waals surface area (Å²) in [5.74, 6) is 1.00. The lowest BCUT2D eigenvalue weighted by Crippen LogP contribution is -2.19. The van der Waals surface area contributed by atoms with Crippen molar-refractivity contribution in [3.63, 3.8) is 0 Å². The van der Waals surface area contributed by atoms with Gasteiger partial charge < -0.3 is 20.9 Å². The Hall–Kier alpha value is -2.43. The van der Waals surface area contributed by atoms with E-state index in [4.69, 9.17) is 0 Å². The van der Waals surface area contributed by atoms with Crippen molar-refractivity contribution in [2.75, 3.05) is 42.3 Å². The molecule has 4 N–H and O–H groups in total. The largest absolute Gasteiger partial charge is 0.368 e. The van der Waals surface area contributed by atoms with E-state index in [1.807, 2.05) is 12.1 Å². The van der Waals surface area contributed by atoms with Crippen LogP contribution in [0.3, 0.4) is 0 Å². The fraction of sp³-hybridized carbons (Fsp3) is 0.300. The predicted octanol–water partition coefficient (Wildman–Crippen LogP) is 3.30. The summed E-state index contributed by atoms with van der Waals surface area (Å²) in [7, 11) is -3.04. The molecule has 0 saturated heterocycles. The number of rotatable bonds is 7. The zero-order chi connectivity index (χ0) is 21.1. The zero-order valence-corrected chi connectivity index (χ0v) is 18.9. The Morgan fingerprint density at radius 2 is 2.17 bits per heavy atom. The first kappa shape index (κ1) is 20.8. The summed E-state index contributed by atoms with van der Waals surface area (Å²) in [6.45, 7) is 2.15. The number of H-pyrrole nitrogens is 1. The molecule has 10 heteroatoms. The number of hydrogen-bond donors (Lipinski definition) is 4. The van der Waals surface area contributed by atoms with Gasteiger partial charge in [0, 0.05) is 53.9 Å². The molecule has 3 heterocycles. The Kier molecular flexibility index (Phi) is 6.07. The quantitative estimate of drug-likeness (QED) is 0.401. The molecule has 0 atom stereocenters. The summed E-state index contributed by atoms with van der Waals surface area (Å²) in [6, 6.07) is 6.10. The Morgan fingerprint density at radius 1 is 1.30 bits per heavy atom. The van der Waals surface area contributed by atoms with Crippen LogP contribution in [0.15, 0.2) is 41.1 Å². The van der Waals surface area contributed by atoms with E-state index in [1.165, 1.54) is 17.4 Å². The second kappa shape index (κ2) is 8.75. The number of fused-ring (bicyclic) bond motifs is 1. The molecule has 158 valence electrons. The van der Waals surface area contributed by atoms with Crippen molar-refractivity contribution in [3.05, 3.63) is 46.7 Å². The summed E-state index contributed by atoms with van der Waals surface area (Å²) in [6.07, 6.45) is 8.15. The van der Waals surface area contributed by atoms with Gasteiger partial charge in [0.15, 0.2) is 0 Å². The van der Waals surface area contributed by atoms with Crippen LogP contribution in [0, 0.1) is 0 Å². The molecule has 1 aromatic carbocycles. The minimum Gasteiger partial charge on any atom is -0.368 e. The molecule has 0 saturated carbocycles. The van der Waals surface area contributed by atoms with Gasteiger partial charge in [0.1, 0.15) is 15.7 Å². The number of aromatic nitrogens is 3. The highest BCUT2D eigenvalue weighted by Crippen LogP contribution is 2.31. The Bertz CT molecular complexity index is 1210. The van der Waals surface area contributed by atoms with E-state index in [0.717, 1.165) is 36.1 Å². The normalized spacial score (nSPS) is 14.5. The molecule has 2 aromatic heterocycles. The van der Waals surface area contributed by atoms with E-state index >= 15 is 0 Å². The van der Waals surface area contributed by atoms with Gasteiger partial charge in [-0.05, 0) is 52.7 Å². The maximum atomic E-state index is 11.3. The minimum atomic E-state index is -3.04. The summed E-state index contributed by atoms with van der Waals surface area (Å²) in [5, 5.41) is 10.8. The highest BCUT2D eigenvalue weighted by molar-refractivity contribution is 9.10. The Morgan fingerprint density at radius 3 is 2.93 bits per heavy atom. The van der Waals surface area contributed by atoms with Crippen molar-refractivity contribution in [1.82, 2.24) is 20.3 Å². The molecule has 0 bridgehead atoms. The monoisotopic (exact) mass is 490 g/mol. The summed E-state index contributed by atoms with van der Waals surface area (Å²) in [5.41, 5.74) is 4.52. The van der Waals surface area contributed by atoms with Gasteiger partial charge in [0.05, 0.1) is 10.2 Å². The predicted molar refractivity (Wildman–Crippen MR) is 125 cm³/mol. The van der Waals surface area contributed by atoms with Gasteiger partial charge in [0.25, 0.3) is 0 Å².